The number of nitrogens with zero attached hydrogens (tertiary/aromatic N) is 2. The number of carbonyl (C=O) groups is 2. The highest BCUT2D eigenvalue weighted by Crippen LogP contribution is 2.30. The molecular formula is C12H9N3O6S. The van der Waals surface area contributed by atoms with Gasteiger partial charge < -0.3 is 14.8 Å². The van der Waals surface area contributed by atoms with Crippen LogP contribution in [-0.2, 0) is 16.6 Å². The van der Waals surface area contributed by atoms with Gasteiger partial charge in [-0.1, -0.05) is 12.1 Å². The number of amides is 2. The average molecular weight is 323 g/mol. The van der Waals surface area contributed by atoms with Gasteiger partial charge in [0.05, 0.1) is 5.69 Å². The van der Waals surface area contributed by atoms with Crippen LogP contribution in [0.25, 0.3) is 0 Å². The van der Waals surface area contributed by atoms with E-state index in [0.717, 1.165) is 6.26 Å². The number of carbonyl (C=O) groups excluding carboxylic acids is 1. The van der Waals surface area contributed by atoms with Crippen molar-refractivity contribution in [2.75, 3.05) is 5.32 Å². The zero-order valence-electron chi connectivity index (χ0n) is 10.9. The number of oxazole rings is 1. The lowest BCUT2D eigenvalue weighted by Crippen LogP contribution is -2.43. The standard InChI is InChI=1S/C12H9N3O6S/c16-11(17)8-6-21-10(13-8)5-15-12(18)14-7-3-1-2-4-9(7)22(15,19)20/h1-4,6H,5H2,(H,14,18)(H,16,17). The summed E-state index contributed by atoms with van der Waals surface area (Å²) in [7, 11) is -4.07. The second-order valence-corrected chi connectivity index (χ2v) is 6.20. The topological polar surface area (TPSA) is 130 Å². The van der Waals surface area contributed by atoms with Gasteiger partial charge in [0, 0.05) is 0 Å². The number of aromatic carboxylic acids is 1. The Bertz CT molecular complexity index is 872. The third kappa shape index (κ3) is 2.19. The number of nitrogens with one attached hydrogen (secondary N) is 1. The minimum absolute atomic E-state index is 0.0559. The molecule has 1 aliphatic rings. The number of anilines is 1. The van der Waals surface area contributed by atoms with E-state index in [1.165, 1.54) is 18.2 Å². The normalized spacial score (nSPS) is 16.0. The quantitative estimate of drug-likeness (QED) is 0.865. The molecule has 0 saturated heterocycles. The van der Waals surface area contributed by atoms with Crippen molar-refractivity contribution >= 4 is 27.7 Å². The number of hydrogen-bond acceptors (Lipinski definition) is 6. The van der Waals surface area contributed by atoms with Crippen molar-refractivity contribution in [3.05, 3.63) is 42.1 Å². The van der Waals surface area contributed by atoms with Gasteiger partial charge in [-0.3, -0.25) is 0 Å². The Labute approximate surface area is 124 Å². The number of aromatic nitrogens is 1. The van der Waals surface area contributed by atoms with Gasteiger partial charge in [-0.05, 0) is 12.1 Å². The summed E-state index contributed by atoms with van der Waals surface area (Å²) in [4.78, 5) is 26.2. The van der Waals surface area contributed by atoms with Gasteiger partial charge in [0.1, 0.15) is 17.7 Å². The first-order valence-corrected chi connectivity index (χ1v) is 7.44. The molecule has 2 amide bonds. The summed E-state index contributed by atoms with van der Waals surface area (Å²) >= 11 is 0. The molecule has 0 unspecified atom stereocenters. The summed E-state index contributed by atoms with van der Waals surface area (Å²) in [5, 5.41) is 11.2. The van der Waals surface area contributed by atoms with Crippen LogP contribution in [0.15, 0.2) is 39.8 Å². The van der Waals surface area contributed by atoms with Crippen LogP contribution < -0.4 is 5.32 Å². The van der Waals surface area contributed by atoms with Gasteiger partial charge in [0.2, 0.25) is 5.89 Å². The minimum Gasteiger partial charge on any atom is -0.476 e. The lowest BCUT2D eigenvalue weighted by Gasteiger charge is -2.27. The summed E-state index contributed by atoms with van der Waals surface area (Å²) in [6, 6.07) is 5.08. The lowest BCUT2D eigenvalue weighted by atomic mass is 10.3. The molecule has 3 rings (SSSR count). The van der Waals surface area contributed by atoms with Gasteiger partial charge in [0.15, 0.2) is 5.69 Å². The molecule has 0 fully saturated rings. The summed E-state index contributed by atoms with van der Waals surface area (Å²) in [6.07, 6.45) is 0.875. The fourth-order valence-electron chi connectivity index (χ4n) is 1.96. The van der Waals surface area contributed by atoms with E-state index in [9.17, 15) is 18.0 Å². The van der Waals surface area contributed by atoms with Crippen LogP contribution in [0.5, 0.6) is 0 Å². The van der Waals surface area contributed by atoms with E-state index in [-0.39, 0.29) is 22.2 Å². The average Bonchev–Trinajstić information content (AvgIpc) is 2.92. The van der Waals surface area contributed by atoms with Gasteiger partial charge >= 0.3 is 12.0 Å². The number of sulfonamides is 1. The molecule has 2 aromatic rings. The highest BCUT2D eigenvalue weighted by atomic mass is 32.2. The number of rotatable bonds is 3. The van der Waals surface area contributed by atoms with Crippen LogP contribution in [0.3, 0.4) is 0 Å². The molecule has 1 aliphatic heterocycles. The van der Waals surface area contributed by atoms with E-state index in [0.29, 0.717) is 4.31 Å². The summed E-state index contributed by atoms with van der Waals surface area (Å²) < 4.78 is 30.3. The third-order valence-corrected chi connectivity index (χ3v) is 4.76. The van der Waals surface area contributed by atoms with Gasteiger partial charge in [0.25, 0.3) is 10.0 Å². The maximum Gasteiger partial charge on any atom is 0.357 e. The first-order valence-electron chi connectivity index (χ1n) is 6.00. The van der Waals surface area contributed by atoms with E-state index in [1.54, 1.807) is 6.07 Å². The highest BCUT2D eigenvalue weighted by molar-refractivity contribution is 7.90. The molecule has 0 spiro atoms. The van der Waals surface area contributed by atoms with E-state index in [2.05, 4.69) is 10.3 Å². The van der Waals surface area contributed by atoms with Crippen LogP contribution in [0.2, 0.25) is 0 Å². The number of hydrogen-bond donors (Lipinski definition) is 2. The molecular weight excluding hydrogens is 314 g/mol. The van der Waals surface area contributed by atoms with Crippen molar-refractivity contribution in [2.24, 2.45) is 0 Å². The molecule has 1 aromatic heterocycles. The zero-order chi connectivity index (χ0) is 15.9. The predicted molar refractivity (Wildman–Crippen MR) is 71.7 cm³/mol. The third-order valence-electron chi connectivity index (χ3n) is 2.97. The van der Waals surface area contributed by atoms with Crippen molar-refractivity contribution in [3.63, 3.8) is 0 Å². The van der Waals surface area contributed by atoms with Crippen LogP contribution in [-0.4, -0.2) is 34.8 Å². The molecule has 9 nitrogen and oxygen atoms in total. The van der Waals surface area contributed by atoms with Crippen LogP contribution >= 0.6 is 0 Å². The van der Waals surface area contributed by atoms with E-state index < -0.39 is 28.6 Å². The number of benzene rings is 1. The molecule has 10 heteroatoms. The van der Waals surface area contributed by atoms with Crippen molar-refractivity contribution in [3.8, 4) is 0 Å². The minimum atomic E-state index is -4.07. The Kier molecular flexibility index (Phi) is 3.10. The van der Waals surface area contributed by atoms with Crippen LogP contribution in [0.1, 0.15) is 16.4 Å². The molecule has 0 atom stereocenters. The molecule has 1 aromatic carbocycles. The molecule has 0 radical (unpaired) electrons. The Morgan fingerprint density at radius 3 is 2.77 bits per heavy atom. The molecule has 0 aliphatic carbocycles. The smallest absolute Gasteiger partial charge is 0.357 e. The number of fused-ring (bicyclic) bond motifs is 1. The molecule has 114 valence electrons. The SMILES string of the molecule is O=C(O)c1coc(CN2C(=O)Nc3ccccc3S2(=O)=O)n1. The molecule has 0 saturated carbocycles. The lowest BCUT2D eigenvalue weighted by molar-refractivity contribution is 0.0690. The van der Waals surface area contributed by atoms with E-state index in [4.69, 9.17) is 9.52 Å². The second kappa shape index (κ2) is 4.84. The Hall–Kier alpha value is -2.88. The Balaban J connectivity index is 1.97. The van der Waals surface area contributed by atoms with Crippen molar-refractivity contribution in [2.45, 2.75) is 11.4 Å². The number of para-hydroxylation sites is 1. The zero-order valence-corrected chi connectivity index (χ0v) is 11.7. The van der Waals surface area contributed by atoms with Gasteiger partial charge in [-0.25, -0.2) is 27.3 Å². The van der Waals surface area contributed by atoms with Crippen LogP contribution in [0.4, 0.5) is 10.5 Å². The fraction of sp³-hybridized carbons (Fsp3) is 0.0833. The molecule has 2 heterocycles. The van der Waals surface area contributed by atoms with Crippen molar-refractivity contribution in [1.82, 2.24) is 9.29 Å². The second-order valence-electron chi connectivity index (χ2n) is 4.37. The summed E-state index contributed by atoms with van der Waals surface area (Å²) in [5.41, 5.74) is -0.187. The molecule has 2 N–H and O–H groups in total. The first-order chi connectivity index (χ1) is 10.4. The first kappa shape index (κ1) is 14.1. The monoisotopic (exact) mass is 323 g/mol. The fourth-order valence-corrected chi connectivity index (χ4v) is 3.39. The number of urea groups is 1. The maximum atomic E-state index is 12.4. The maximum absolute atomic E-state index is 12.4. The van der Waals surface area contributed by atoms with Crippen molar-refractivity contribution in [1.29, 1.82) is 0 Å². The molecule has 22 heavy (non-hydrogen) atoms. The Morgan fingerprint density at radius 2 is 2.09 bits per heavy atom. The van der Waals surface area contributed by atoms with Gasteiger partial charge in [-0.2, -0.15) is 0 Å². The van der Waals surface area contributed by atoms with E-state index in [1.807, 2.05) is 0 Å². The predicted octanol–water partition coefficient (Wildman–Crippen LogP) is 1.11. The highest BCUT2D eigenvalue weighted by Gasteiger charge is 2.37. The Morgan fingerprint density at radius 1 is 1.36 bits per heavy atom. The number of carboxylic acids is 1. The van der Waals surface area contributed by atoms with E-state index >= 15 is 0 Å². The summed E-state index contributed by atoms with van der Waals surface area (Å²) in [5.74, 6) is -1.51. The molecule has 0 bridgehead atoms. The van der Waals surface area contributed by atoms with Crippen LogP contribution in [0, 0.1) is 0 Å². The van der Waals surface area contributed by atoms with Gasteiger partial charge in [-0.15, -0.1) is 0 Å². The van der Waals surface area contributed by atoms with Crippen molar-refractivity contribution < 1.29 is 27.5 Å². The largest absolute Gasteiger partial charge is 0.476 e. The summed E-state index contributed by atoms with van der Waals surface area (Å²) in [6.45, 7) is -0.504. The number of carboxylic acid groups (broad SMARTS) is 1.